The molecule has 22 heavy (non-hydrogen) atoms. The van der Waals surface area contributed by atoms with Crippen molar-refractivity contribution in [1.82, 2.24) is 15.1 Å². The Hall–Kier alpha value is -2.76. The SMILES string of the molecule is Cc1ncc(-c2noc(C)c2COc2ccccn2)cc1F. The van der Waals surface area contributed by atoms with Crippen LogP contribution >= 0.6 is 0 Å². The Morgan fingerprint density at radius 2 is 2.09 bits per heavy atom. The van der Waals surface area contributed by atoms with Crippen LogP contribution in [-0.2, 0) is 6.61 Å². The van der Waals surface area contributed by atoms with E-state index >= 15 is 0 Å². The minimum absolute atomic E-state index is 0.233. The van der Waals surface area contributed by atoms with E-state index in [9.17, 15) is 4.39 Å². The summed E-state index contributed by atoms with van der Waals surface area (Å²) in [4.78, 5) is 8.10. The van der Waals surface area contributed by atoms with Gasteiger partial charge in [-0.25, -0.2) is 9.37 Å². The monoisotopic (exact) mass is 299 g/mol. The van der Waals surface area contributed by atoms with E-state index in [1.54, 1.807) is 32.3 Å². The van der Waals surface area contributed by atoms with Crippen molar-refractivity contribution >= 4 is 0 Å². The Morgan fingerprint density at radius 3 is 2.82 bits per heavy atom. The molecule has 0 radical (unpaired) electrons. The molecule has 0 spiro atoms. The summed E-state index contributed by atoms with van der Waals surface area (Å²) in [6, 6.07) is 6.80. The highest BCUT2D eigenvalue weighted by molar-refractivity contribution is 5.62. The van der Waals surface area contributed by atoms with Gasteiger partial charge in [0, 0.05) is 24.0 Å². The lowest BCUT2D eigenvalue weighted by Crippen LogP contribution is -2.00. The molecule has 5 nitrogen and oxygen atoms in total. The topological polar surface area (TPSA) is 61.0 Å². The molecule has 0 atom stereocenters. The lowest BCUT2D eigenvalue weighted by atomic mass is 10.1. The Balaban J connectivity index is 1.89. The quantitative estimate of drug-likeness (QED) is 0.738. The van der Waals surface area contributed by atoms with Crippen LogP contribution in [0.2, 0.25) is 0 Å². The molecule has 0 aliphatic carbocycles. The van der Waals surface area contributed by atoms with Crippen molar-refractivity contribution in [2.24, 2.45) is 0 Å². The third-order valence-electron chi connectivity index (χ3n) is 3.29. The van der Waals surface area contributed by atoms with E-state index in [1.165, 1.54) is 6.07 Å². The van der Waals surface area contributed by atoms with Crippen LogP contribution < -0.4 is 4.74 Å². The Morgan fingerprint density at radius 1 is 1.23 bits per heavy atom. The molecule has 0 bridgehead atoms. The molecule has 3 aromatic rings. The summed E-state index contributed by atoms with van der Waals surface area (Å²) in [7, 11) is 0. The number of aryl methyl sites for hydroxylation is 2. The number of ether oxygens (including phenoxy) is 1. The van der Waals surface area contributed by atoms with E-state index in [1.807, 2.05) is 12.1 Å². The first-order valence-electron chi connectivity index (χ1n) is 6.76. The van der Waals surface area contributed by atoms with Crippen LogP contribution in [0.25, 0.3) is 11.3 Å². The molecule has 3 heterocycles. The van der Waals surface area contributed by atoms with Crippen LogP contribution in [-0.4, -0.2) is 15.1 Å². The molecular formula is C16H14FN3O2. The highest BCUT2D eigenvalue weighted by Gasteiger charge is 2.17. The zero-order valence-electron chi connectivity index (χ0n) is 12.2. The first-order chi connectivity index (χ1) is 10.6. The van der Waals surface area contributed by atoms with Gasteiger partial charge in [-0.15, -0.1) is 0 Å². The summed E-state index contributed by atoms with van der Waals surface area (Å²) in [5.74, 6) is 0.740. The largest absolute Gasteiger partial charge is 0.473 e. The number of rotatable bonds is 4. The third-order valence-corrected chi connectivity index (χ3v) is 3.29. The smallest absolute Gasteiger partial charge is 0.213 e. The van der Waals surface area contributed by atoms with Crippen molar-refractivity contribution in [3.63, 3.8) is 0 Å². The molecule has 0 fully saturated rings. The molecule has 0 aliphatic heterocycles. The lowest BCUT2D eigenvalue weighted by molar-refractivity contribution is 0.290. The fourth-order valence-electron chi connectivity index (χ4n) is 2.00. The third kappa shape index (κ3) is 2.81. The van der Waals surface area contributed by atoms with Crippen LogP contribution in [0.3, 0.4) is 0 Å². The van der Waals surface area contributed by atoms with Crippen molar-refractivity contribution in [1.29, 1.82) is 0 Å². The van der Waals surface area contributed by atoms with Crippen molar-refractivity contribution < 1.29 is 13.7 Å². The molecule has 0 aromatic carbocycles. The number of aromatic nitrogens is 3. The average Bonchev–Trinajstić information content (AvgIpc) is 2.90. The molecule has 3 rings (SSSR count). The summed E-state index contributed by atoms with van der Waals surface area (Å²) in [6.45, 7) is 3.63. The summed E-state index contributed by atoms with van der Waals surface area (Å²) in [5, 5.41) is 3.99. The highest BCUT2D eigenvalue weighted by Crippen LogP contribution is 2.26. The molecule has 6 heteroatoms. The second-order valence-corrected chi connectivity index (χ2v) is 4.81. The molecule has 0 saturated carbocycles. The van der Waals surface area contributed by atoms with E-state index in [2.05, 4.69) is 15.1 Å². The van der Waals surface area contributed by atoms with Crippen LogP contribution in [0.15, 0.2) is 41.2 Å². The van der Waals surface area contributed by atoms with E-state index in [-0.39, 0.29) is 12.4 Å². The molecule has 112 valence electrons. The molecule has 0 aliphatic rings. The highest BCUT2D eigenvalue weighted by atomic mass is 19.1. The van der Waals surface area contributed by atoms with Crippen LogP contribution in [0.4, 0.5) is 4.39 Å². The normalized spacial score (nSPS) is 10.7. The van der Waals surface area contributed by atoms with Crippen molar-refractivity contribution in [2.45, 2.75) is 20.5 Å². The zero-order valence-corrected chi connectivity index (χ0v) is 12.2. The molecular weight excluding hydrogens is 285 g/mol. The first kappa shape index (κ1) is 14.2. The van der Waals surface area contributed by atoms with Gasteiger partial charge in [0.2, 0.25) is 5.88 Å². The summed E-state index contributed by atoms with van der Waals surface area (Å²) >= 11 is 0. The number of hydrogen-bond donors (Lipinski definition) is 0. The van der Waals surface area contributed by atoms with Crippen molar-refractivity contribution in [3.05, 3.63) is 59.5 Å². The molecule has 0 unspecified atom stereocenters. The summed E-state index contributed by atoms with van der Waals surface area (Å²) in [5.41, 5.74) is 2.17. The van der Waals surface area contributed by atoms with E-state index in [0.29, 0.717) is 28.6 Å². The zero-order chi connectivity index (χ0) is 15.5. The van der Waals surface area contributed by atoms with Gasteiger partial charge in [0.1, 0.15) is 23.9 Å². The molecule has 3 aromatic heterocycles. The predicted octanol–water partition coefficient (Wildman–Crippen LogP) is 3.47. The second kappa shape index (κ2) is 5.93. The van der Waals surface area contributed by atoms with Gasteiger partial charge in [0.25, 0.3) is 0 Å². The van der Waals surface area contributed by atoms with Crippen molar-refractivity contribution in [3.8, 4) is 17.1 Å². The predicted molar refractivity (Wildman–Crippen MR) is 77.7 cm³/mol. The van der Waals surface area contributed by atoms with Gasteiger partial charge in [-0.1, -0.05) is 11.2 Å². The molecule has 0 N–H and O–H groups in total. The van der Waals surface area contributed by atoms with Gasteiger partial charge < -0.3 is 9.26 Å². The molecule has 0 saturated heterocycles. The van der Waals surface area contributed by atoms with Gasteiger partial charge in [-0.05, 0) is 26.0 Å². The van der Waals surface area contributed by atoms with Gasteiger partial charge in [0.15, 0.2) is 0 Å². The Bertz CT molecular complexity index is 787. The fraction of sp³-hybridized carbons (Fsp3) is 0.188. The first-order valence-corrected chi connectivity index (χ1v) is 6.76. The van der Waals surface area contributed by atoms with Crippen LogP contribution in [0.1, 0.15) is 17.0 Å². The maximum atomic E-state index is 13.7. The fourth-order valence-corrected chi connectivity index (χ4v) is 2.00. The minimum atomic E-state index is -0.380. The van der Waals surface area contributed by atoms with Gasteiger partial charge in [0.05, 0.1) is 11.3 Å². The number of halogens is 1. The Kier molecular flexibility index (Phi) is 3.82. The molecule has 0 amide bonds. The van der Waals surface area contributed by atoms with Gasteiger partial charge >= 0.3 is 0 Å². The maximum Gasteiger partial charge on any atom is 0.213 e. The maximum absolute atomic E-state index is 13.7. The number of hydrogen-bond acceptors (Lipinski definition) is 5. The lowest BCUT2D eigenvalue weighted by Gasteiger charge is -2.06. The summed E-state index contributed by atoms with van der Waals surface area (Å²) in [6.07, 6.45) is 3.22. The van der Waals surface area contributed by atoms with Crippen molar-refractivity contribution in [2.75, 3.05) is 0 Å². The van der Waals surface area contributed by atoms with Gasteiger partial charge in [-0.3, -0.25) is 4.98 Å². The van der Waals surface area contributed by atoms with E-state index in [4.69, 9.17) is 9.26 Å². The number of nitrogens with zero attached hydrogens (tertiary/aromatic N) is 3. The van der Waals surface area contributed by atoms with E-state index in [0.717, 1.165) is 5.56 Å². The average molecular weight is 299 g/mol. The second-order valence-electron chi connectivity index (χ2n) is 4.81. The summed E-state index contributed by atoms with van der Waals surface area (Å²) < 4.78 is 24.5. The van der Waals surface area contributed by atoms with Crippen LogP contribution in [0, 0.1) is 19.7 Å². The Labute approximate surface area is 126 Å². The van der Waals surface area contributed by atoms with Gasteiger partial charge in [-0.2, -0.15) is 0 Å². The standard InChI is InChI=1S/C16H14FN3O2/c1-10-14(17)7-12(8-19-10)16-13(11(2)22-20-16)9-21-15-5-3-4-6-18-15/h3-8H,9H2,1-2H3. The number of pyridine rings is 2. The van der Waals surface area contributed by atoms with E-state index < -0.39 is 0 Å². The minimum Gasteiger partial charge on any atom is -0.473 e. The van der Waals surface area contributed by atoms with Crippen LogP contribution in [0.5, 0.6) is 5.88 Å².